The van der Waals surface area contributed by atoms with Gasteiger partial charge >= 0.3 is 0 Å². The van der Waals surface area contributed by atoms with E-state index in [1.54, 1.807) is 0 Å². The summed E-state index contributed by atoms with van der Waals surface area (Å²) in [6.45, 7) is 4.71. The van der Waals surface area contributed by atoms with Crippen molar-refractivity contribution in [2.45, 2.75) is 19.3 Å². The number of hydrogen-bond acceptors (Lipinski definition) is 2. The number of aromatic nitrogens is 3. The summed E-state index contributed by atoms with van der Waals surface area (Å²) in [4.78, 5) is 11.0. The number of para-hydroxylation sites is 5. The summed E-state index contributed by atoms with van der Waals surface area (Å²) in [6, 6.07) is 63.3. The SMILES string of the molecule is CC1(C)c2ccccc2-c2c1ccc1cccc(-c3ccccc3-c3nc4ccccc4nc3-c3cccc4c5ccccc5n(-c5ccccc5)c34)c21. The first-order chi connectivity index (χ1) is 26.6. The molecule has 0 spiro atoms. The molecule has 8 aromatic carbocycles. The highest BCUT2D eigenvalue weighted by Crippen LogP contribution is 2.53. The minimum Gasteiger partial charge on any atom is -0.309 e. The predicted octanol–water partition coefficient (Wildman–Crippen LogP) is 13.2. The van der Waals surface area contributed by atoms with Crippen LogP contribution < -0.4 is 0 Å². The summed E-state index contributed by atoms with van der Waals surface area (Å²) >= 11 is 0. The monoisotopic (exact) mass is 689 g/mol. The van der Waals surface area contributed by atoms with Crippen molar-refractivity contribution in [1.29, 1.82) is 0 Å². The molecule has 254 valence electrons. The molecular formula is C51H35N3. The first-order valence-electron chi connectivity index (χ1n) is 18.7. The molecular weight excluding hydrogens is 655 g/mol. The number of nitrogens with zero attached hydrogens (tertiary/aromatic N) is 3. The van der Waals surface area contributed by atoms with Crippen molar-refractivity contribution in [1.82, 2.24) is 14.5 Å². The molecule has 0 N–H and O–H groups in total. The van der Waals surface area contributed by atoms with E-state index in [1.807, 2.05) is 12.1 Å². The lowest BCUT2D eigenvalue weighted by Gasteiger charge is -2.22. The second-order valence-corrected chi connectivity index (χ2v) is 14.9. The Morgan fingerprint density at radius 3 is 1.83 bits per heavy atom. The molecule has 0 fully saturated rings. The fraction of sp³-hybridized carbons (Fsp3) is 0.0588. The maximum atomic E-state index is 5.51. The van der Waals surface area contributed by atoms with Gasteiger partial charge in [0.05, 0.1) is 33.5 Å². The van der Waals surface area contributed by atoms with E-state index in [2.05, 4.69) is 182 Å². The summed E-state index contributed by atoms with van der Waals surface area (Å²) in [7, 11) is 0. The van der Waals surface area contributed by atoms with Crippen molar-refractivity contribution in [3.8, 4) is 50.5 Å². The molecule has 0 bridgehead atoms. The van der Waals surface area contributed by atoms with Gasteiger partial charge in [0.1, 0.15) is 0 Å². The van der Waals surface area contributed by atoms with E-state index in [4.69, 9.17) is 9.97 Å². The van der Waals surface area contributed by atoms with E-state index in [-0.39, 0.29) is 5.41 Å². The van der Waals surface area contributed by atoms with Gasteiger partial charge in [0.25, 0.3) is 0 Å². The summed E-state index contributed by atoms with van der Waals surface area (Å²) in [5, 5.41) is 4.91. The minimum atomic E-state index is -0.0976. The molecule has 54 heavy (non-hydrogen) atoms. The zero-order chi connectivity index (χ0) is 36.0. The van der Waals surface area contributed by atoms with Gasteiger partial charge in [-0.2, -0.15) is 0 Å². The van der Waals surface area contributed by atoms with Gasteiger partial charge in [-0.15, -0.1) is 0 Å². The Bertz CT molecular complexity index is 3130. The van der Waals surface area contributed by atoms with Gasteiger partial charge in [-0.3, -0.25) is 0 Å². The largest absolute Gasteiger partial charge is 0.309 e. The average molecular weight is 690 g/mol. The standard InChI is InChI=1S/C51H35N3/c1-51(2)41-26-10-8-22-39(41)47-42(51)31-30-32-16-14-23-36(46(32)47)34-19-6-7-21-37(34)48-49(53-44-28-12-11-27-43(44)52-48)40-25-15-24-38-35-20-9-13-29-45(35)54(50(38)40)33-17-4-3-5-18-33/h3-31H,1-2H3. The van der Waals surface area contributed by atoms with Crippen LogP contribution in [0.15, 0.2) is 176 Å². The van der Waals surface area contributed by atoms with Gasteiger partial charge in [0, 0.05) is 33.0 Å². The number of rotatable bonds is 4. The Balaban J connectivity index is 1.24. The minimum absolute atomic E-state index is 0.0976. The molecule has 0 unspecified atom stereocenters. The lowest BCUT2D eigenvalue weighted by molar-refractivity contribution is 0.661. The number of benzene rings is 8. The maximum Gasteiger partial charge on any atom is 0.0994 e. The second-order valence-electron chi connectivity index (χ2n) is 14.9. The summed E-state index contributed by atoms with van der Waals surface area (Å²) < 4.78 is 2.39. The van der Waals surface area contributed by atoms with Crippen molar-refractivity contribution >= 4 is 43.6 Å². The van der Waals surface area contributed by atoms with Gasteiger partial charge in [-0.1, -0.05) is 159 Å². The molecule has 1 aliphatic rings. The van der Waals surface area contributed by atoms with E-state index >= 15 is 0 Å². The molecule has 0 amide bonds. The molecule has 2 heterocycles. The van der Waals surface area contributed by atoms with Crippen LogP contribution in [0.2, 0.25) is 0 Å². The Hall–Kier alpha value is -6.84. The zero-order valence-electron chi connectivity index (χ0n) is 30.1. The van der Waals surface area contributed by atoms with E-state index in [9.17, 15) is 0 Å². The third kappa shape index (κ3) is 4.36. The van der Waals surface area contributed by atoms with E-state index in [0.29, 0.717) is 0 Å². The molecule has 0 atom stereocenters. The Labute approximate surface area is 313 Å². The zero-order valence-corrected chi connectivity index (χ0v) is 30.1. The predicted molar refractivity (Wildman–Crippen MR) is 225 cm³/mol. The Kier molecular flexibility index (Phi) is 6.60. The normalized spacial score (nSPS) is 13.1. The number of hydrogen-bond donors (Lipinski definition) is 0. The fourth-order valence-electron chi connectivity index (χ4n) is 9.15. The molecule has 11 rings (SSSR count). The van der Waals surface area contributed by atoms with Crippen molar-refractivity contribution < 1.29 is 0 Å². The molecule has 3 nitrogen and oxygen atoms in total. The van der Waals surface area contributed by atoms with Gasteiger partial charge in [-0.25, -0.2) is 9.97 Å². The molecule has 10 aromatic rings. The van der Waals surface area contributed by atoms with Gasteiger partial charge < -0.3 is 4.57 Å². The van der Waals surface area contributed by atoms with Crippen LogP contribution in [0, 0.1) is 0 Å². The molecule has 2 aromatic heterocycles. The fourth-order valence-corrected chi connectivity index (χ4v) is 9.15. The Morgan fingerprint density at radius 1 is 0.426 bits per heavy atom. The smallest absolute Gasteiger partial charge is 0.0994 e. The molecule has 0 radical (unpaired) electrons. The molecule has 0 saturated heterocycles. The van der Waals surface area contributed by atoms with Crippen molar-refractivity contribution in [3.63, 3.8) is 0 Å². The first kappa shape index (κ1) is 30.8. The quantitative estimate of drug-likeness (QED) is 0.184. The topological polar surface area (TPSA) is 30.7 Å². The highest BCUT2D eigenvalue weighted by atomic mass is 15.0. The number of fused-ring (bicyclic) bond motifs is 9. The highest BCUT2D eigenvalue weighted by molar-refractivity contribution is 6.15. The Morgan fingerprint density at radius 2 is 1.02 bits per heavy atom. The van der Waals surface area contributed by atoms with Crippen LogP contribution in [0.25, 0.3) is 94.1 Å². The average Bonchev–Trinajstić information content (AvgIpc) is 3.69. The van der Waals surface area contributed by atoms with Gasteiger partial charge in [0.15, 0.2) is 0 Å². The van der Waals surface area contributed by atoms with Crippen LogP contribution in [0.3, 0.4) is 0 Å². The van der Waals surface area contributed by atoms with Crippen LogP contribution in [0.5, 0.6) is 0 Å². The van der Waals surface area contributed by atoms with Crippen molar-refractivity contribution in [3.05, 3.63) is 187 Å². The molecule has 0 saturated carbocycles. The van der Waals surface area contributed by atoms with Crippen LogP contribution in [-0.4, -0.2) is 14.5 Å². The maximum absolute atomic E-state index is 5.51. The third-order valence-corrected chi connectivity index (χ3v) is 11.6. The van der Waals surface area contributed by atoms with Crippen molar-refractivity contribution in [2.75, 3.05) is 0 Å². The van der Waals surface area contributed by atoms with E-state index < -0.39 is 0 Å². The van der Waals surface area contributed by atoms with Crippen molar-refractivity contribution in [2.24, 2.45) is 0 Å². The first-order valence-corrected chi connectivity index (χ1v) is 18.7. The van der Waals surface area contributed by atoms with Crippen LogP contribution >= 0.6 is 0 Å². The van der Waals surface area contributed by atoms with E-state index in [1.165, 1.54) is 49.4 Å². The van der Waals surface area contributed by atoms with Gasteiger partial charge in [-0.05, 0) is 74.5 Å². The summed E-state index contributed by atoms with van der Waals surface area (Å²) in [5.74, 6) is 0. The van der Waals surface area contributed by atoms with Crippen LogP contribution in [-0.2, 0) is 5.41 Å². The molecule has 1 aliphatic carbocycles. The highest BCUT2D eigenvalue weighted by Gasteiger charge is 2.36. The molecule has 0 aliphatic heterocycles. The summed E-state index contributed by atoms with van der Waals surface area (Å²) in [6.07, 6.45) is 0. The lowest BCUT2D eigenvalue weighted by atomic mass is 9.81. The van der Waals surface area contributed by atoms with E-state index in [0.717, 1.165) is 55.8 Å². The third-order valence-electron chi connectivity index (χ3n) is 11.6. The second kappa shape index (κ2) is 11.6. The summed E-state index contributed by atoms with van der Waals surface area (Å²) in [5.41, 5.74) is 16.6. The lowest BCUT2D eigenvalue weighted by Crippen LogP contribution is -2.14. The van der Waals surface area contributed by atoms with Crippen LogP contribution in [0.4, 0.5) is 0 Å². The van der Waals surface area contributed by atoms with Gasteiger partial charge in [0.2, 0.25) is 0 Å². The molecule has 3 heteroatoms. The van der Waals surface area contributed by atoms with Crippen LogP contribution in [0.1, 0.15) is 25.0 Å².